The van der Waals surface area contributed by atoms with Crippen LogP contribution in [-0.4, -0.2) is 17.5 Å². The number of nitrogens with one attached hydrogen (secondary N) is 1. The number of halogens is 2. The zero-order valence-corrected chi connectivity index (χ0v) is 14.7. The molecule has 1 aromatic heterocycles. The first-order chi connectivity index (χ1) is 11.4. The van der Waals surface area contributed by atoms with E-state index in [1.54, 1.807) is 26.0 Å². The number of carbonyl (C=O) groups is 1. The summed E-state index contributed by atoms with van der Waals surface area (Å²) in [7, 11) is 0. The van der Waals surface area contributed by atoms with Crippen molar-refractivity contribution in [2.45, 2.75) is 46.6 Å². The number of unbranched alkanes of at least 4 members (excludes halogenated alkanes) is 1. The van der Waals surface area contributed by atoms with E-state index < -0.39 is 6.61 Å². The lowest BCUT2D eigenvalue weighted by molar-refractivity contribution is -0.0502. The summed E-state index contributed by atoms with van der Waals surface area (Å²) in [4.78, 5) is 17.4. The van der Waals surface area contributed by atoms with Crippen molar-refractivity contribution in [3.05, 3.63) is 39.3 Å². The number of amides is 1. The van der Waals surface area contributed by atoms with E-state index in [1.807, 2.05) is 0 Å². The van der Waals surface area contributed by atoms with Gasteiger partial charge in [-0.2, -0.15) is 8.78 Å². The Morgan fingerprint density at radius 3 is 2.79 bits per heavy atom. The third kappa shape index (κ3) is 4.50. The van der Waals surface area contributed by atoms with E-state index in [9.17, 15) is 13.6 Å². The maximum Gasteiger partial charge on any atom is 0.387 e. The van der Waals surface area contributed by atoms with E-state index in [4.69, 9.17) is 0 Å². The van der Waals surface area contributed by atoms with E-state index in [-0.39, 0.29) is 11.7 Å². The fraction of sp³-hybridized carbons (Fsp3) is 0.412. The Hall–Kier alpha value is -2.02. The van der Waals surface area contributed by atoms with Gasteiger partial charge in [0, 0.05) is 11.3 Å². The summed E-state index contributed by atoms with van der Waals surface area (Å²) in [5.41, 5.74) is 1.59. The standard InChI is InChI=1S/C17H20F2N2O2S/c1-4-5-9-14-20-11(3)15(24-14)16(22)21-12-7-6-8-13(10(12)2)23-17(18)19/h6-8,17H,4-5,9H2,1-3H3,(H,21,22). The van der Waals surface area contributed by atoms with Gasteiger partial charge in [-0.15, -0.1) is 11.3 Å². The summed E-state index contributed by atoms with van der Waals surface area (Å²) in [6, 6.07) is 4.66. The number of aryl methyl sites for hydroxylation is 2. The van der Waals surface area contributed by atoms with Crippen molar-refractivity contribution >= 4 is 22.9 Å². The third-order valence-electron chi connectivity index (χ3n) is 3.54. The van der Waals surface area contributed by atoms with E-state index in [1.165, 1.54) is 17.4 Å². The van der Waals surface area contributed by atoms with Crippen LogP contribution in [0.1, 0.15) is 45.7 Å². The predicted molar refractivity (Wildman–Crippen MR) is 91.2 cm³/mol. The van der Waals surface area contributed by atoms with Gasteiger partial charge in [0.1, 0.15) is 10.6 Å². The van der Waals surface area contributed by atoms with Crippen molar-refractivity contribution in [2.24, 2.45) is 0 Å². The van der Waals surface area contributed by atoms with Gasteiger partial charge in [-0.25, -0.2) is 4.98 Å². The van der Waals surface area contributed by atoms with Gasteiger partial charge in [0.05, 0.1) is 10.7 Å². The number of benzene rings is 1. The molecule has 0 fully saturated rings. The zero-order chi connectivity index (χ0) is 17.7. The molecule has 0 unspecified atom stereocenters. The molecule has 0 bridgehead atoms. The van der Waals surface area contributed by atoms with Crippen molar-refractivity contribution in [1.82, 2.24) is 4.98 Å². The smallest absolute Gasteiger partial charge is 0.387 e. The first-order valence-electron chi connectivity index (χ1n) is 7.74. The van der Waals surface area contributed by atoms with Crippen LogP contribution < -0.4 is 10.1 Å². The highest BCUT2D eigenvalue weighted by molar-refractivity contribution is 7.13. The molecular weight excluding hydrogens is 334 g/mol. The molecule has 7 heteroatoms. The average Bonchev–Trinajstić information content (AvgIpc) is 2.89. The first-order valence-corrected chi connectivity index (χ1v) is 8.56. The molecule has 0 saturated carbocycles. The molecule has 1 aromatic carbocycles. The SMILES string of the molecule is CCCCc1nc(C)c(C(=O)Nc2cccc(OC(F)F)c2C)s1. The highest BCUT2D eigenvalue weighted by Gasteiger charge is 2.17. The molecule has 2 aromatic rings. The summed E-state index contributed by atoms with van der Waals surface area (Å²) in [5, 5.41) is 3.69. The minimum atomic E-state index is -2.90. The van der Waals surface area contributed by atoms with E-state index in [0.717, 1.165) is 24.3 Å². The maximum atomic E-state index is 12.5. The van der Waals surface area contributed by atoms with Crippen LogP contribution in [0.3, 0.4) is 0 Å². The largest absolute Gasteiger partial charge is 0.434 e. The molecule has 0 aliphatic carbocycles. The van der Waals surface area contributed by atoms with Crippen LogP contribution in [0.2, 0.25) is 0 Å². The zero-order valence-electron chi connectivity index (χ0n) is 13.9. The highest BCUT2D eigenvalue weighted by Crippen LogP contribution is 2.28. The second kappa shape index (κ2) is 8.19. The molecule has 0 saturated heterocycles. The normalized spacial score (nSPS) is 10.9. The van der Waals surface area contributed by atoms with Crippen molar-refractivity contribution < 1.29 is 18.3 Å². The summed E-state index contributed by atoms with van der Waals surface area (Å²) < 4.78 is 29.3. The summed E-state index contributed by atoms with van der Waals surface area (Å²) >= 11 is 1.37. The monoisotopic (exact) mass is 354 g/mol. The molecule has 2 rings (SSSR count). The number of aromatic nitrogens is 1. The Morgan fingerprint density at radius 2 is 2.12 bits per heavy atom. The second-order valence-corrected chi connectivity index (χ2v) is 6.47. The molecule has 0 atom stereocenters. The first kappa shape index (κ1) is 18.3. The lowest BCUT2D eigenvalue weighted by Gasteiger charge is -2.12. The summed E-state index contributed by atoms with van der Waals surface area (Å²) in [6.45, 7) is 2.62. The molecule has 1 amide bonds. The van der Waals surface area contributed by atoms with Crippen LogP contribution in [-0.2, 0) is 6.42 Å². The van der Waals surface area contributed by atoms with Gasteiger partial charge in [0.15, 0.2) is 0 Å². The van der Waals surface area contributed by atoms with Gasteiger partial charge in [-0.05, 0) is 38.8 Å². The minimum absolute atomic E-state index is 0.0486. The lowest BCUT2D eigenvalue weighted by Crippen LogP contribution is -2.13. The molecular formula is C17H20F2N2O2S. The van der Waals surface area contributed by atoms with Crippen LogP contribution in [0.5, 0.6) is 5.75 Å². The Morgan fingerprint density at radius 1 is 1.38 bits per heavy atom. The number of hydrogen-bond acceptors (Lipinski definition) is 4. The van der Waals surface area contributed by atoms with Gasteiger partial charge in [-0.1, -0.05) is 19.4 Å². The molecule has 0 aliphatic rings. The van der Waals surface area contributed by atoms with Crippen molar-refractivity contribution in [3.8, 4) is 5.75 Å². The number of hydrogen-bond donors (Lipinski definition) is 1. The highest BCUT2D eigenvalue weighted by atomic mass is 32.1. The molecule has 0 radical (unpaired) electrons. The fourth-order valence-electron chi connectivity index (χ4n) is 2.25. The average molecular weight is 354 g/mol. The number of thiazole rings is 1. The van der Waals surface area contributed by atoms with E-state index in [0.29, 0.717) is 21.8 Å². The Bertz CT molecular complexity index is 717. The van der Waals surface area contributed by atoms with Crippen LogP contribution >= 0.6 is 11.3 Å². The van der Waals surface area contributed by atoms with Crippen LogP contribution in [0, 0.1) is 13.8 Å². The van der Waals surface area contributed by atoms with Gasteiger partial charge >= 0.3 is 6.61 Å². The molecule has 0 spiro atoms. The van der Waals surface area contributed by atoms with Crippen LogP contribution in [0.4, 0.5) is 14.5 Å². The molecule has 1 N–H and O–H groups in total. The van der Waals surface area contributed by atoms with Gasteiger partial charge < -0.3 is 10.1 Å². The lowest BCUT2D eigenvalue weighted by atomic mass is 10.1. The van der Waals surface area contributed by atoms with Crippen molar-refractivity contribution in [3.63, 3.8) is 0 Å². The van der Waals surface area contributed by atoms with Crippen LogP contribution in [0.15, 0.2) is 18.2 Å². The number of ether oxygens (including phenoxy) is 1. The van der Waals surface area contributed by atoms with E-state index >= 15 is 0 Å². The Labute approximate surface area is 143 Å². The number of rotatable bonds is 7. The number of carbonyl (C=O) groups excluding carboxylic acids is 1. The van der Waals surface area contributed by atoms with Gasteiger partial charge in [-0.3, -0.25) is 4.79 Å². The maximum absolute atomic E-state index is 12.5. The molecule has 4 nitrogen and oxygen atoms in total. The predicted octanol–water partition coefficient (Wildman–Crippen LogP) is 4.96. The quantitative estimate of drug-likeness (QED) is 0.765. The number of nitrogens with zero attached hydrogens (tertiary/aromatic N) is 1. The van der Waals surface area contributed by atoms with Crippen molar-refractivity contribution in [1.29, 1.82) is 0 Å². The third-order valence-corrected chi connectivity index (χ3v) is 4.76. The van der Waals surface area contributed by atoms with Crippen LogP contribution in [0.25, 0.3) is 0 Å². The minimum Gasteiger partial charge on any atom is -0.434 e. The summed E-state index contributed by atoms with van der Waals surface area (Å²) in [5.74, 6) is -0.238. The fourth-order valence-corrected chi connectivity index (χ4v) is 3.25. The Kier molecular flexibility index (Phi) is 6.25. The molecule has 24 heavy (non-hydrogen) atoms. The second-order valence-electron chi connectivity index (χ2n) is 5.39. The molecule has 130 valence electrons. The topological polar surface area (TPSA) is 51.2 Å². The molecule has 0 aliphatic heterocycles. The number of anilines is 1. The van der Waals surface area contributed by atoms with E-state index in [2.05, 4.69) is 22.0 Å². The Balaban J connectivity index is 2.16. The van der Waals surface area contributed by atoms with Gasteiger partial charge in [0.25, 0.3) is 5.91 Å². The van der Waals surface area contributed by atoms with Gasteiger partial charge in [0.2, 0.25) is 0 Å². The molecule has 1 heterocycles. The number of alkyl halides is 2. The summed E-state index contributed by atoms with van der Waals surface area (Å²) in [6.07, 6.45) is 2.95. The van der Waals surface area contributed by atoms with Crippen molar-refractivity contribution in [2.75, 3.05) is 5.32 Å².